The summed E-state index contributed by atoms with van der Waals surface area (Å²) in [5.41, 5.74) is 0.974. The van der Waals surface area contributed by atoms with E-state index < -0.39 is 7.12 Å². The SMILES string of the molecule is CNCC(=Cc1ccccc1O)B1OC(C)(C)C(C)(C)O1. The molecule has 0 saturated carbocycles. The summed E-state index contributed by atoms with van der Waals surface area (Å²) in [6.45, 7) is 8.76. The maximum atomic E-state index is 9.93. The highest BCUT2D eigenvalue weighted by Crippen LogP contribution is 2.38. The Morgan fingerprint density at radius 1 is 1.19 bits per heavy atom. The molecule has 0 aliphatic carbocycles. The van der Waals surface area contributed by atoms with Crippen LogP contribution in [0.1, 0.15) is 33.3 Å². The first-order valence-electron chi connectivity index (χ1n) is 7.25. The minimum atomic E-state index is -0.415. The molecule has 1 aliphatic rings. The number of phenols is 1. The Hall–Kier alpha value is -1.30. The summed E-state index contributed by atoms with van der Waals surface area (Å²) < 4.78 is 12.2. The Kier molecular flexibility index (Phi) is 4.47. The van der Waals surface area contributed by atoms with Gasteiger partial charge in [0.15, 0.2) is 0 Å². The topological polar surface area (TPSA) is 50.7 Å². The summed E-state index contributed by atoms with van der Waals surface area (Å²) in [5.74, 6) is 0.252. The highest BCUT2D eigenvalue weighted by atomic mass is 16.7. The number of benzene rings is 1. The van der Waals surface area contributed by atoms with E-state index in [1.165, 1.54) is 0 Å². The number of likely N-dealkylation sites (N-methyl/N-ethyl adjacent to an activating group) is 1. The van der Waals surface area contributed by atoms with Crippen molar-refractivity contribution in [3.8, 4) is 5.75 Å². The van der Waals surface area contributed by atoms with Gasteiger partial charge in [-0.15, -0.1) is 0 Å². The van der Waals surface area contributed by atoms with Gasteiger partial charge in [0, 0.05) is 12.1 Å². The molecule has 2 N–H and O–H groups in total. The highest BCUT2D eigenvalue weighted by molar-refractivity contribution is 6.56. The molecule has 2 rings (SSSR count). The van der Waals surface area contributed by atoms with Crippen molar-refractivity contribution in [1.29, 1.82) is 0 Å². The molecule has 0 aromatic heterocycles. The predicted octanol–water partition coefficient (Wildman–Crippen LogP) is 2.63. The van der Waals surface area contributed by atoms with Crippen LogP contribution in [0.5, 0.6) is 5.75 Å². The molecule has 1 aromatic carbocycles. The van der Waals surface area contributed by atoms with Crippen LogP contribution in [0.2, 0.25) is 0 Å². The van der Waals surface area contributed by atoms with Crippen molar-refractivity contribution in [2.24, 2.45) is 0 Å². The van der Waals surface area contributed by atoms with Gasteiger partial charge in [0.2, 0.25) is 0 Å². The number of hydrogen-bond donors (Lipinski definition) is 2. The zero-order valence-electron chi connectivity index (χ0n) is 13.4. The molecule has 21 heavy (non-hydrogen) atoms. The van der Waals surface area contributed by atoms with Gasteiger partial charge in [0.1, 0.15) is 5.75 Å². The lowest BCUT2D eigenvalue weighted by molar-refractivity contribution is 0.00578. The van der Waals surface area contributed by atoms with E-state index in [2.05, 4.69) is 5.32 Å². The van der Waals surface area contributed by atoms with Gasteiger partial charge in [-0.1, -0.05) is 24.3 Å². The quantitative estimate of drug-likeness (QED) is 0.837. The molecule has 5 heteroatoms. The van der Waals surface area contributed by atoms with Gasteiger partial charge in [0.25, 0.3) is 0 Å². The zero-order valence-corrected chi connectivity index (χ0v) is 13.4. The molecule has 4 nitrogen and oxygen atoms in total. The van der Waals surface area contributed by atoms with Crippen LogP contribution in [0.15, 0.2) is 29.7 Å². The van der Waals surface area contributed by atoms with E-state index in [-0.39, 0.29) is 17.0 Å². The standard InChI is InChI=1S/C16H24BNO3/c1-15(2)16(3,4)21-17(20-15)13(11-18-5)10-12-8-6-7-9-14(12)19/h6-10,18-19H,11H2,1-5H3. The minimum Gasteiger partial charge on any atom is -0.507 e. The average Bonchev–Trinajstić information content (AvgIpc) is 2.60. The molecule has 1 aliphatic heterocycles. The number of hydrogen-bond acceptors (Lipinski definition) is 4. The van der Waals surface area contributed by atoms with Gasteiger partial charge in [-0.25, -0.2) is 0 Å². The molecule has 1 saturated heterocycles. The van der Waals surface area contributed by atoms with Crippen molar-refractivity contribution in [2.45, 2.75) is 38.9 Å². The number of nitrogens with one attached hydrogen (secondary N) is 1. The first-order chi connectivity index (χ1) is 9.77. The van der Waals surface area contributed by atoms with E-state index in [0.717, 1.165) is 11.0 Å². The number of rotatable bonds is 4. The van der Waals surface area contributed by atoms with E-state index in [9.17, 15) is 5.11 Å². The molecule has 0 atom stereocenters. The van der Waals surface area contributed by atoms with Crippen LogP contribution >= 0.6 is 0 Å². The second kappa shape index (κ2) is 5.83. The van der Waals surface area contributed by atoms with Crippen molar-refractivity contribution < 1.29 is 14.4 Å². The van der Waals surface area contributed by atoms with Gasteiger partial charge < -0.3 is 19.7 Å². The van der Waals surface area contributed by atoms with Gasteiger partial charge in [-0.05, 0) is 46.3 Å². The third-order valence-electron chi connectivity index (χ3n) is 4.21. The number of aromatic hydroxyl groups is 1. The molecule has 0 amide bonds. The molecular formula is C16H24BNO3. The maximum absolute atomic E-state index is 9.93. The molecular weight excluding hydrogens is 265 g/mol. The van der Waals surface area contributed by atoms with Crippen LogP contribution in [-0.2, 0) is 9.31 Å². The summed E-state index contributed by atoms with van der Waals surface area (Å²) in [6, 6.07) is 7.25. The summed E-state index contributed by atoms with van der Waals surface area (Å²) >= 11 is 0. The fraction of sp³-hybridized carbons (Fsp3) is 0.500. The Balaban J connectivity index is 2.31. The fourth-order valence-corrected chi connectivity index (χ4v) is 2.21. The molecule has 0 spiro atoms. The molecule has 1 aromatic rings. The van der Waals surface area contributed by atoms with Crippen LogP contribution in [0.3, 0.4) is 0 Å². The lowest BCUT2D eigenvalue weighted by atomic mass is 9.77. The van der Waals surface area contributed by atoms with Crippen molar-refractivity contribution in [3.05, 3.63) is 35.3 Å². The molecule has 1 heterocycles. The largest absolute Gasteiger partial charge is 0.507 e. The summed E-state index contributed by atoms with van der Waals surface area (Å²) in [5, 5.41) is 13.1. The monoisotopic (exact) mass is 289 g/mol. The third kappa shape index (κ3) is 3.31. The predicted molar refractivity (Wildman–Crippen MR) is 86.1 cm³/mol. The van der Waals surface area contributed by atoms with Gasteiger partial charge in [-0.3, -0.25) is 0 Å². The van der Waals surface area contributed by atoms with Crippen LogP contribution < -0.4 is 5.32 Å². The van der Waals surface area contributed by atoms with Crippen LogP contribution in [0.25, 0.3) is 6.08 Å². The Morgan fingerprint density at radius 2 is 1.76 bits per heavy atom. The normalized spacial score (nSPS) is 20.8. The van der Waals surface area contributed by atoms with Crippen LogP contribution in [0, 0.1) is 0 Å². The molecule has 114 valence electrons. The Morgan fingerprint density at radius 3 is 2.29 bits per heavy atom. The fourth-order valence-electron chi connectivity index (χ4n) is 2.21. The van der Waals surface area contributed by atoms with Crippen molar-refractivity contribution >= 4 is 13.2 Å². The van der Waals surface area contributed by atoms with E-state index in [4.69, 9.17) is 9.31 Å². The van der Waals surface area contributed by atoms with Crippen molar-refractivity contribution in [2.75, 3.05) is 13.6 Å². The Bertz CT molecular complexity index is 524. The van der Waals surface area contributed by atoms with Crippen LogP contribution in [-0.4, -0.2) is 37.0 Å². The van der Waals surface area contributed by atoms with E-state index in [1.54, 1.807) is 12.1 Å². The van der Waals surface area contributed by atoms with Gasteiger partial charge in [0.05, 0.1) is 11.2 Å². The molecule has 0 unspecified atom stereocenters. The number of para-hydroxylation sites is 1. The van der Waals surface area contributed by atoms with Crippen molar-refractivity contribution in [3.63, 3.8) is 0 Å². The lowest BCUT2D eigenvalue weighted by Gasteiger charge is -2.32. The van der Waals surface area contributed by atoms with Gasteiger partial charge >= 0.3 is 7.12 Å². The molecule has 1 fully saturated rings. The van der Waals surface area contributed by atoms with E-state index in [0.29, 0.717) is 6.54 Å². The second-order valence-corrected chi connectivity index (χ2v) is 6.40. The molecule has 0 radical (unpaired) electrons. The highest BCUT2D eigenvalue weighted by Gasteiger charge is 2.52. The van der Waals surface area contributed by atoms with E-state index in [1.807, 2.05) is 53.0 Å². The van der Waals surface area contributed by atoms with Crippen molar-refractivity contribution in [1.82, 2.24) is 5.32 Å². The summed E-state index contributed by atoms with van der Waals surface area (Å²) in [6.07, 6.45) is 1.92. The van der Waals surface area contributed by atoms with Gasteiger partial charge in [-0.2, -0.15) is 0 Å². The summed E-state index contributed by atoms with van der Waals surface area (Å²) in [4.78, 5) is 0. The second-order valence-electron chi connectivity index (χ2n) is 6.40. The lowest BCUT2D eigenvalue weighted by Crippen LogP contribution is -2.41. The molecule has 0 bridgehead atoms. The zero-order chi connectivity index (χ0) is 15.7. The average molecular weight is 289 g/mol. The maximum Gasteiger partial charge on any atom is 0.491 e. The minimum absolute atomic E-state index is 0.252. The smallest absolute Gasteiger partial charge is 0.491 e. The third-order valence-corrected chi connectivity index (χ3v) is 4.21. The first-order valence-corrected chi connectivity index (χ1v) is 7.25. The van der Waals surface area contributed by atoms with E-state index >= 15 is 0 Å². The first kappa shape index (κ1) is 16.1. The summed E-state index contributed by atoms with van der Waals surface area (Å²) in [7, 11) is 1.46. The Labute approximate surface area is 127 Å². The number of phenolic OH excluding ortho intramolecular Hbond substituents is 1. The van der Waals surface area contributed by atoms with Crippen LogP contribution in [0.4, 0.5) is 0 Å².